The molecule has 3 amide bonds. The summed E-state index contributed by atoms with van der Waals surface area (Å²) in [5.74, 6) is 2.31. The minimum Gasteiger partial charge on any atom is -0.351 e. The van der Waals surface area contributed by atoms with Gasteiger partial charge in [-0.3, -0.25) is 4.79 Å². The third-order valence-electron chi connectivity index (χ3n) is 7.41. The fourth-order valence-corrected chi connectivity index (χ4v) is 7.08. The van der Waals surface area contributed by atoms with Gasteiger partial charge >= 0.3 is 6.03 Å². The van der Waals surface area contributed by atoms with E-state index in [9.17, 15) is 9.59 Å². The molecule has 4 saturated carbocycles. The number of unbranched alkanes of at least 4 members (excludes halogenated alkanes) is 2. The molecule has 4 aliphatic carbocycles. The van der Waals surface area contributed by atoms with Crippen molar-refractivity contribution in [1.29, 1.82) is 0 Å². The largest absolute Gasteiger partial charge is 0.351 e. The van der Waals surface area contributed by atoms with Crippen molar-refractivity contribution >= 4 is 23.3 Å². The zero-order valence-electron chi connectivity index (χ0n) is 19.1. The molecule has 0 aromatic carbocycles. The van der Waals surface area contributed by atoms with Crippen molar-refractivity contribution in [1.82, 2.24) is 20.5 Å². The van der Waals surface area contributed by atoms with E-state index in [1.807, 2.05) is 10.3 Å². The molecule has 1 aromatic rings. The standard InChI is InChI=1S/C24H38N4O2S/c1-3-5-7-25-22(29)20-16-31-21(26-20)15-28(8-6-4-2)23(30)27-24-12-17-9-18(13-24)11-19(10-17)14-24/h16-19H,3-15H2,1-2H3,(H,25,29)(H,27,30). The van der Waals surface area contributed by atoms with Crippen molar-refractivity contribution in [3.8, 4) is 0 Å². The third-order valence-corrected chi connectivity index (χ3v) is 8.24. The molecule has 0 saturated heterocycles. The summed E-state index contributed by atoms with van der Waals surface area (Å²) in [4.78, 5) is 32.1. The molecule has 7 heteroatoms. The summed E-state index contributed by atoms with van der Waals surface area (Å²) >= 11 is 1.47. The highest BCUT2D eigenvalue weighted by Gasteiger charge is 2.51. The molecule has 0 unspecified atom stereocenters. The van der Waals surface area contributed by atoms with Crippen LogP contribution in [0.25, 0.3) is 0 Å². The maximum atomic E-state index is 13.4. The Hall–Kier alpha value is -1.63. The second-order valence-electron chi connectivity index (χ2n) is 10.1. The Morgan fingerprint density at radius 3 is 2.35 bits per heavy atom. The summed E-state index contributed by atoms with van der Waals surface area (Å²) < 4.78 is 0. The number of hydrogen-bond donors (Lipinski definition) is 2. The highest BCUT2D eigenvalue weighted by atomic mass is 32.1. The highest BCUT2D eigenvalue weighted by molar-refractivity contribution is 7.09. The molecule has 172 valence electrons. The normalized spacial score (nSPS) is 28.5. The van der Waals surface area contributed by atoms with Gasteiger partial charge in [-0.05, 0) is 69.1 Å². The number of nitrogens with zero attached hydrogens (tertiary/aromatic N) is 2. The van der Waals surface area contributed by atoms with Crippen molar-refractivity contribution in [2.75, 3.05) is 13.1 Å². The van der Waals surface area contributed by atoms with E-state index >= 15 is 0 Å². The molecule has 1 aromatic heterocycles. The minimum atomic E-state index is -0.117. The Kier molecular flexibility index (Phi) is 7.19. The predicted molar refractivity (Wildman–Crippen MR) is 124 cm³/mol. The SMILES string of the molecule is CCCCNC(=O)c1csc(CN(CCCC)C(=O)NC23CC4CC(CC(C4)C2)C3)n1. The maximum absolute atomic E-state index is 13.4. The van der Waals surface area contributed by atoms with E-state index < -0.39 is 0 Å². The molecule has 2 N–H and O–H groups in total. The molecular formula is C24H38N4O2S. The lowest BCUT2D eigenvalue weighted by molar-refractivity contribution is -0.0158. The molecule has 0 atom stereocenters. The topological polar surface area (TPSA) is 74.3 Å². The summed E-state index contributed by atoms with van der Waals surface area (Å²) in [6.45, 7) is 6.14. The second kappa shape index (κ2) is 9.88. The first-order valence-electron chi connectivity index (χ1n) is 12.3. The van der Waals surface area contributed by atoms with Gasteiger partial charge in [0.1, 0.15) is 10.7 Å². The first kappa shape index (κ1) is 22.6. The van der Waals surface area contributed by atoms with Crippen LogP contribution in [0.15, 0.2) is 5.38 Å². The van der Waals surface area contributed by atoms with Crippen LogP contribution < -0.4 is 10.6 Å². The van der Waals surface area contributed by atoms with Gasteiger partial charge in [0.2, 0.25) is 0 Å². The summed E-state index contributed by atoms with van der Waals surface area (Å²) in [5, 5.41) is 9.07. The number of carbonyl (C=O) groups excluding carboxylic acids is 2. The average Bonchev–Trinajstić information content (AvgIpc) is 3.18. The van der Waals surface area contributed by atoms with E-state index in [2.05, 4.69) is 29.5 Å². The van der Waals surface area contributed by atoms with E-state index in [0.717, 1.165) is 74.3 Å². The Morgan fingerprint density at radius 1 is 1.10 bits per heavy atom. The van der Waals surface area contributed by atoms with Gasteiger partial charge in [-0.1, -0.05) is 26.7 Å². The van der Waals surface area contributed by atoms with E-state index in [1.54, 1.807) is 0 Å². The van der Waals surface area contributed by atoms with Crippen molar-refractivity contribution in [3.63, 3.8) is 0 Å². The summed E-state index contributed by atoms with van der Waals surface area (Å²) in [6.07, 6.45) is 11.6. The average molecular weight is 447 g/mol. The van der Waals surface area contributed by atoms with E-state index in [0.29, 0.717) is 18.8 Å². The lowest BCUT2D eigenvalue weighted by atomic mass is 9.53. The number of nitrogens with one attached hydrogen (secondary N) is 2. The number of rotatable bonds is 10. The molecule has 5 rings (SSSR count). The van der Waals surface area contributed by atoms with Crippen LogP contribution in [0.4, 0.5) is 4.79 Å². The molecule has 4 bridgehead atoms. The smallest absolute Gasteiger partial charge is 0.318 e. The van der Waals surface area contributed by atoms with Gasteiger partial charge in [-0.15, -0.1) is 11.3 Å². The molecule has 1 heterocycles. The maximum Gasteiger partial charge on any atom is 0.318 e. The molecule has 4 aliphatic rings. The van der Waals surface area contributed by atoms with Crippen LogP contribution >= 0.6 is 11.3 Å². The zero-order chi connectivity index (χ0) is 21.8. The fraction of sp³-hybridized carbons (Fsp3) is 0.792. The Morgan fingerprint density at radius 2 is 1.74 bits per heavy atom. The van der Waals surface area contributed by atoms with Gasteiger partial charge in [-0.2, -0.15) is 0 Å². The fourth-order valence-electron chi connectivity index (χ4n) is 6.29. The van der Waals surface area contributed by atoms with Crippen LogP contribution in [0.5, 0.6) is 0 Å². The van der Waals surface area contributed by atoms with E-state index in [-0.39, 0.29) is 17.5 Å². The van der Waals surface area contributed by atoms with E-state index in [4.69, 9.17) is 0 Å². The zero-order valence-corrected chi connectivity index (χ0v) is 19.9. The number of aromatic nitrogens is 1. The Balaban J connectivity index is 1.38. The van der Waals surface area contributed by atoms with Gasteiger partial charge in [0.25, 0.3) is 5.91 Å². The molecule has 31 heavy (non-hydrogen) atoms. The van der Waals surface area contributed by atoms with Crippen LogP contribution in [0.1, 0.15) is 93.6 Å². The molecule has 0 radical (unpaired) electrons. The number of hydrogen-bond acceptors (Lipinski definition) is 4. The van der Waals surface area contributed by atoms with Crippen LogP contribution in [0.2, 0.25) is 0 Å². The van der Waals surface area contributed by atoms with Gasteiger partial charge in [-0.25, -0.2) is 9.78 Å². The van der Waals surface area contributed by atoms with Crippen molar-refractivity contribution in [2.45, 2.75) is 90.1 Å². The molecule has 0 spiro atoms. The molecule has 0 aliphatic heterocycles. The Bertz CT molecular complexity index is 742. The van der Waals surface area contributed by atoms with Gasteiger partial charge in [0.15, 0.2) is 0 Å². The first-order valence-corrected chi connectivity index (χ1v) is 13.2. The van der Waals surface area contributed by atoms with Crippen LogP contribution in [-0.2, 0) is 6.54 Å². The van der Waals surface area contributed by atoms with Crippen molar-refractivity contribution in [2.24, 2.45) is 17.8 Å². The minimum absolute atomic E-state index is 0.0174. The molecule has 4 fully saturated rings. The van der Waals surface area contributed by atoms with Gasteiger partial charge in [0, 0.05) is 24.0 Å². The summed E-state index contributed by atoms with van der Waals surface area (Å²) in [6, 6.07) is 0.0551. The third kappa shape index (κ3) is 5.41. The number of urea groups is 1. The quantitative estimate of drug-likeness (QED) is 0.499. The number of carbonyl (C=O) groups is 2. The monoisotopic (exact) mass is 446 g/mol. The number of thiazole rings is 1. The molecular weight excluding hydrogens is 408 g/mol. The van der Waals surface area contributed by atoms with Gasteiger partial charge < -0.3 is 15.5 Å². The van der Waals surface area contributed by atoms with Crippen molar-refractivity contribution in [3.05, 3.63) is 16.1 Å². The van der Waals surface area contributed by atoms with Crippen LogP contribution in [0.3, 0.4) is 0 Å². The van der Waals surface area contributed by atoms with Gasteiger partial charge in [0.05, 0.1) is 6.54 Å². The number of amides is 3. The lowest BCUT2D eigenvalue weighted by Gasteiger charge is -2.57. The second-order valence-corrected chi connectivity index (χ2v) is 11.1. The summed E-state index contributed by atoms with van der Waals surface area (Å²) in [7, 11) is 0. The molecule has 6 nitrogen and oxygen atoms in total. The predicted octanol–water partition coefficient (Wildman–Crippen LogP) is 4.95. The van der Waals surface area contributed by atoms with Crippen LogP contribution in [-0.4, -0.2) is 40.5 Å². The summed E-state index contributed by atoms with van der Waals surface area (Å²) in [5.41, 5.74) is 0.483. The van der Waals surface area contributed by atoms with E-state index in [1.165, 1.54) is 30.6 Å². The first-order chi connectivity index (χ1) is 15.0. The van der Waals surface area contributed by atoms with Crippen molar-refractivity contribution < 1.29 is 9.59 Å². The lowest BCUT2D eigenvalue weighted by Crippen LogP contribution is -2.61. The van der Waals surface area contributed by atoms with Crippen LogP contribution in [0, 0.1) is 17.8 Å². The highest BCUT2D eigenvalue weighted by Crippen LogP contribution is 2.55. The Labute approximate surface area is 190 Å².